The highest BCUT2D eigenvalue weighted by atomic mass is 16.2. The number of rotatable bonds is 6. The molecule has 0 aliphatic rings. The van der Waals surface area contributed by atoms with Crippen LogP contribution in [0.15, 0.2) is 0 Å². The molecule has 1 aromatic rings. The van der Waals surface area contributed by atoms with Crippen LogP contribution in [0.3, 0.4) is 0 Å². The van der Waals surface area contributed by atoms with E-state index in [0.717, 1.165) is 12.8 Å². The van der Waals surface area contributed by atoms with Crippen LogP contribution in [0.5, 0.6) is 0 Å². The zero-order valence-electron chi connectivity index (χ0n) is 11.0. The van der Waals surface area contributed by atoms with Crippen molar-refractivity contribution in [1.29, 1.82) is 0 Å². The second-order valence-electron chi connectivity index (χ2n) is 4.21. The number of hydrogen-bond acceptors (Lipinski definition) is 4. The highest BCUT2D eigenvalue weighted by molar-refractivity contribution is 5.91. The van der Waals surface area contributed by atoms with E-state index in [0.29, 0.717) is 12.2 Å². The van der Waals surface area contributed by atoms with E-state index in [1.54, 1.807) is 18.9 Å². The van der Waals surface area contributed by atoms with Gasteiger partial charge in [-0.2, -0.15) is 0 Å². The number of unbranched alkanes of at least 4 members (excludes halogenated alkanes) is 1. The van der Waals surface area contributed by atoms with Crippen LogP contribution in [0, 0.1) is 6.92 Å². The Morgan fingerprint density at radius 1 is 1.44 bits per heavy atom. The fraction of sp³-hybridized carbons (Fsp3) is 0.636. The van der Waals surface area contributed by atoms with Gasteiger partial charge in [-0.1, -0.05) is 18.6 Å². The van der Waals surface area contributed by atoms with Crippen molar-refractivity contribution in [1.82, 2.24) is 19.9 Å². The summed E-state index contributed by atoms with van der Waals surface area (Å²) in [6.45, 7) is 4.52. The molecular formula is C11H19N5O2. The molecule has 7 nitrogen and oxygen atoms in total. The molecular weight excluding hydrogens is 234 g/mol. The van der Waals surface area contributed by atoms with E-state index in [9.17, 15) is 9.59 Å². The van der Waals surface area contributed by atoms with Crippen molar-refractivity contribution in [3.8, 4) is 0 Å². The number of amides is 2. The van der Waals surface area contributed by atoms with Crippen molar-refractivity contribution in [2.45, 2.75) is 33.2 Å². The summed E-state index contributed by atoms with van der Waals surface area (Å²) in [4.78, 5) is 24.5. The van der Waals surface area contributed by atoms with Gasteiger partial charge in [-0.15, -0.1) is 5.10 Å². The topological polar surface area (TPSA) is 94.1 Å². The predicted octanol–water partition coefficient (Wildman–Crippen LogP) is -0.0561. The standard InChI is InChI=1S/C11H19N5O2/c1-4-5-6-15(3)9(17)7-16-8(2)10(11(12)18)13-14-16/h4-7H2,1-3H3,(H2,12,18). The third-order valence-electron chi connectivity index (χ3n) is 2.77. The molecule has 1 rings (SSSR count). The van der Waals surface area contributed by atoms with Crippen molar-refractivity contribution in [2.75, 3.05) is 13.6 Å². The third kappa shape index (κ3) is 3.28. The minimum atomic E-state index is -0.634. The van der Waals surface area contributed by atoms with Crippen molar-refractivity contribution in [3.63, 3.8) is 0 Å². The van der Waals surface area contributed by atoms with Crippen LogP contribution in [0.4, 0.5) is 0 Å². The van der Waals surface area contributed by atoms with Gasteiger partial charge in [-0.05, 0) is 13.3 Å². The van der Waals surface area contributed by atoms with E-state index in [1.807, 2.05) is 0 Å². The summed E-state index contributed by atoms with van der Waals surface area (Å²) < 4.78 is 1.39. The number of likely N-dealkylation sites (N-methyl/N-ethyl adjacent to an activating group) is 1. The minimum absolute atomic E-state index is 0.0625. The maximum absolute atomic E-state index is 11.9. The first kappa shape index (κ1) is 14.1. The lowest BCUT2D eigenvalue weighted by Crippen LogP contribution is -2.31. The van der Waals surface area contributed by atoms with Crippen LogP contribution >= 0.6 is 0 Å². The SMILES string of the molecule is CCCCN(C)C(=O)Cn1nnc(C(N)=O)c1C. The zero-order valence-corrected chi connectivity index (χ0v) is 11.0. The molecule has 0 spiro atoms. The lowest BCUT2D eigenvalue weighted by Gasteiger charge is -2.16. The summed E-state index contributed by atoms with van der Waals surface area (Å²) in [5.41, 5.74) is 5.76. The molecule has 0 aliphatic carbocycles. The Balaban J connectivity index is 2.67. The molecule has 100 valence electrons. The average molecular weight is 253 g/mol. The van der Waals surface area contributed by atoms with Crippen LogP contribution in [0.2, 0.25) is 0 Å². The van der Waals surface area contributed by atoms with Crippen LogP contribution in [-0.2, 0) is 11.3 Å². The molecule has 0 aromatic carbocycles. The number of nitrogens with zero attached hydrogens (tertiary/aromatic N) is 4. The Bertz CT molecular complexity index is 441. The number of hydrogen-bond donors (Lipinski definition) is 1. The fourth-order valence-corrected chi connectivity index (χ4v) is 1.51. The lowest BCUT2D eigenvalue weighted by atomic mass is 10.3. The molecule has 1 heterocycles. The highest BCUT2D eigenvalue weighted by Gasteiger charge is 2.16. The molecule has 0 unspecified atom stereocenters. The van der Waals surface area contributed by atoms with Gasteiger partial charge in [0.25, 0.3) is 5.91 Å². The van der Waals surface area contributed by atoms with E-state index in [-0.39, 0.29) is 18.1 Å². The summed E-state index contributed by atoms with van der Waals surface area (Å²) in [5.74, 6) is -0.696. The Morgan fingerprint density at radius 3 is 2.61 bits per heavy atom. The van der Waals surface area contributed by atoms with Crippen LogP contribution in [0.1, 0.15) is 35.9 Å². The normalized spacial score (nSPS) is 10.4. The van der Waals surface area contributed by atoms with E-state index < -0.39 is 5.91 Å². The van der Waals surface area contributed by atoms with Crippen molar-refractivity contribution in [3.05, 3.63) is 11.4 Å². The number of aromatic nitrogens is 3. The van der Waals surface area contributed by atoms with Crippen LogP contribution in [0.25, 0.3) is 0 Å². The van der Waals surface area contributed by atoms with Gasteiger partial charge in [0.05, 0.1) is 5.69 Å². The van der Waals surface area contributed by atoms with Crippen LogP contribution < -0.4 is 5.73 Å². The molecule has 0 saturated carbocycles. The molecule has 18 heavy (non-hydrogen) atoms. The second kappa shape index (κ2) is 6.13. The lowest BCUT2D eigenvalue weighted by molar-refractivity contribution is -0.130. The minimum Gasteiger partial charge on any atom is -0.364 e. The molecule has 0 saturated heterocycles. The van der Waals surface area contributed by atoms with Gasteiger partial charge < -0.3 is 10.6 Å². The summed E-state index contributed by atoms with van der Waals surface area (Å²) in [7, 11) is 1.75. The summed E-state index contributed by atoms with van der Waals surface area (Å²) in [5, 5.41) is 7.42. The molecule has 0 atom stereocenters. The largest absolute Gasteiger partial charge is 0.364 e. The maximum Gasteiger partial charge on any atom is 0.271 e. The summed E-state index contributed by atoms with van der Waals surface area (Å²) in [6, 6.07) is 0. The van der Waals surface area contributed by atoms with Gasteiger partial charge in [0.2, 0.25) is 5.91 Å². The Kier molecular flexibility index (Phi) is 4.82. The number of carbonyl (C=O) groups is 2. The Morgan fingerprint density at radius 2 is 2.11 bits per heavy atom. The first-order valence-corrected chi connectivity index (χ1v) is 5.91. The molecule has 0 radical (unpaired) electrons. The predicted molar refractivity (Wildman–Crippen MR) is 65.8 cm³/mol. The molecule has 2 amide bonds. The number of carbonyl (C=O) groups excluding carboxylic acids is 2. The van der Waals surface area contributed by atoms with Gasteiger partial charge in [0.15, 0.2) is 5.69 Å². The monoisotopic (exact) mass is 253 g/mol. The van der Waals surface area contributed by atoms with E-state index in [1.165, 1.54) is 4.68 Å². The second-order valence-corrected chi connectivity index (χ2v) is 4.21. The van der Waals surface area contributed by atoms with Crippen molar-refractivity contribution >= 4 is 11.8 Å². The van der Waals surface area contributed by atoms with Crippen molar-refractivity contribution < 1.29 is 9.59 Å². The molecule has 0 bridgehead atoms. The van der Waals surface area contributed by atoms with Crippen LogP contribution in [-0.4, -0.2) is 45.3 Å². The molecule has 1 aromatic heterocycles. The first-order valence-electron chi connectivity index (χ1n) is 5.91. The van der Waals surface area contributed by atoms with Gasteiger partial charge >= 0.3 is 0 Å². The molecule has 2 N–H and O–H groups in total. The quantitative estimate of drug-likeness (QED) is 0.768. The summed E-state index contributed by atoms with van der Waals surface area (Å²) >= 11 is 0. The Hall–Kier alpha value is -1.92. The van der Waals surface area contributed by atoms with E-state index in [4.69, 9.17) is 5.73 Å². The maximum atomic E-state index is 11.9. The van der Waals surface area contributed by atoms with E-state index in [2.05, 4.69) is 17.2 Å². The van der Waals surface area contributed by atoms with Crippen molar-refractivity contribution in [2.24, 2.45) is 5.73 Å². The summed E-state index contributed by atoms with van der Waals surface area (Å²) in [6.07, 6.45) is 2.00. The highest BCUT2D eigenvalue weighted by Crippen LogP contribution is 2.03. The van der Waals surface area contributed by atoms with Gasteiger partial charge in [0, 0.05) is 13.6 Å². The third-order valence-corrected chi connectivity index (χ3v) is 2.77. The Labute approximate surface area is 106 Å². The number of nitrogens with two attached hydrogens (primary N) is 1. The average Bonchev–Trinajstić information content (AvgIpc) is 2.68. The molecule has 0 aliphatic heterocycles. The fourth-order valence-electron chi connectivity index (χ4n) is 1.51. The smallest absolute Gasteiger partial charge is 0.271 e. The van der Waals surface area contributed by atoms with Gasteiger partial charge in [-0.3, -0.25) is 9.59 Å². The van der Waals surface area contributed by atoms with E-state index >= 15 is 0 Å². The molecule has 7 heteroatoms. The van der Waals surface area contributed by atoms with Gasteiger partial charge in [-0.25, -0.2) is 4.68 Å². The zero-order chi connectivity index (χ0) is 13.7. The molecule has 0 fully saturated rings. The van der Waals surface area contributed by atoms with Gasteiger partial charge in [0.1, 0.15) is 6.54 Å². The number of primary amides is 1. The first-order chi connectivity index (χ1) is 8.47.